The SMILES string of the molecule is CN(CC(=O)Nc1ccc(F)cc1)CC(=O)N[C@@H]1CCS(=O)(=O)C1. The van der Waals surface area contributed by atoms with Crippen molar-refractivity contribution in [2.75, 3.05) is 37.0 Å². The number of amides is 2. The van der Waals surface area contributed by atoms with Gasteiger partial charge in [0.05, 0.1) is 24.6 Å². The minimum atomic E-state index is -3.05. The van der Waals surface area contributed by atoms with Gasteiger partial charge >= 0.3 is 0 Å². The van der Waals surface area contributed by atoms with Crippen LogP contribution >= 0.6 is 0 Å². The Kier molecular flexibility index (Phi) is 5.89. The summed E-state index contributed by atoms with van der Waals surface area (Å²) >= 11 is 0. The van der Waals surface area contributed by atoms with Crippen LogP contribution in [-0.4, -0.2) is 62.8 Å². The molecule has 0 bridgehead atoms. The molecule has 24 heavy (non-hydrogen) atoms. The second kappa shape index (κ2) is 7.71. The molecule has 1 heterocycles. The van der Waals surface area contributed by atoms with Gasteiger partial charge in [0.2, 0.25) is 11.8 Å². The molecular weight excluding hydrogens is 337 g/mol. The first-order valence-electron chi connectivity index (χ1n) is 7.47. The van der Waals surface area contributed by atoms with E-state index in [4.69, 9.17) is 0 Å². The highest BCUT2D eigenvalue weighted by Crippen LogP contribution is 2.11. The zero-order valence-electron chi connectivity index (χ0n) is 13.3. The van der Waals surface area contributed by atoms with E-state index in [9.17, 15) is 22.4 Å². The van der Waals surface area contributed by atoms with E-state index < -0.39 is 15.7 Å². The average Bonchev–Trinajstić information content (AvgIpc) is 2.79. The van der Waals surface area contributed by atoms with E-state index in [-0.39, 0.29) is 42.5 Å². The van der Waals surface area contributed by atoms with Gasteiger partial charge in [-0.2, -0.15) is 0 Å². The number of anilines is 1. The lowest BCUT2D eigenvalue weighted by atomic mass is 10.2. The van der Waals surface area contributed by atoms with Gasteiger partial charge in [0.1, 0.15) is 5.82 Å². The maximum Gasteiger partial charge on any atom is 0.238 e. The molecule has 0 unspecified atom stereocenters. The molecule has 7 nitrogen and oxygen atoms in total. The fourth-order valence-electron chi connectivity index (χ4n) is 2.46. The van der Waals surface area contributed by atoms with E-state index >= 15 is 0 Å². The fraction of sp³-hybridized carbons (Fsp3) is 0.467. The Labute approximate surface area is 140 Å². The van der Waals surface area contributed by atoms with Crippen LogP contribution in [0, 0.1) is 5.82 Å². The second-order valence-electron chi connectivity index (χ2n) is 5.89. The van der Waals surface area contributed by atoms with Gasteiger partial charge in [0.25, 0.3) is 0 Å². The van der Waals surface area contributed by atoms with Crippen molar-refractivity contribution in [3.63, 3.8) is 0 Å². The number of carbonyl (C=O) groups excluding carboxylic acids is 2. The van der Waals surface area contributed by atoms with E-state index in [0.717, 1.165) is 0 Å². The maximum absolute atomic E-state index is 12.8. The molecular formula is C15H20FN3O4S. The summed E-state index contributed by atoms with van der Waals surface area (Å²) in [5, 5.41) is 5.26. The van der Waals surface area contributed by atoms with Crippen molar-refractivity contribution in [1.82, 2.24) is 10.2 Å². The number of carbonyl (C=O) groups is 2. The van der Waals surface area contributed by atoms with Crippen molar-refractivity contribution in [2.24, 2.45) is 0 Å². The molecule has 1 saturated heterocycles. The third kappa shape index (κ3) is 5.89. The second-order valence-corrected chi connectivity index (χ2v) is 8.12. The number of benzene rings is 1. The molecule has 1 atom stereocenters. The average molecular weight is 357 g/mol. The van der Waals surface area contributed by atoms with Gasteiger partial charge in [0.15, 0.2) is 9.84 Å². The Bertz CT molecular complexity index is 706. The Balaban J connectivity index is 1.73. The lowest BCUT2D eigenvalue weighted by molar-refractivity contribution is -0.123. The predicted molar refractivity (Wildman–Crippen MR) is 87.7 cm³/mol. The van der Waals surface area contributed by atoms with E-state index in [1.165, 1.54) is 29.2 Å². The topological polar surface area (TPSA) is 95.6 Å². The van der Waals surface area contributed by atoms with E-state index in [1.807, 2.05) is 0 Å². The summed E-state index contributed by atoms with van der Waals surface area (Å²) in [6.45, 7) is -0.0405. The first kappa shape index (κ1) is 18.3. The van der Waals surface area contributed by atoms with Crippen LogP contribution in [0.5, 0.6) is 0 Å². The van der Waals surface area contributed by atoms with Gasteiger partial charge in [0, 0.05) is 11.7 Å². The van der Waals surface area contributed by atoms with Crippen LogP contribution in [0.3, 0.4) is 0 Å². The van der Waals surface area contributed by atoms with Gasteiger partial charge in [-0.25, -0.2) is 12.8 Å². The van der Waals surface area contributed by atoms with Crippen molar-refractivity contribution in [2.45, 2.75) is 12.5 Å². The molecule has 132 valence electrons. The number of sulfone groups is 1. The van der Waals surface area contributed by atoms with Crippen LogP contribution in [0.4, 0.5) is 10.1 Å². The molecule has 1 aromatic rings. The highest BCUT2D eigenvalue weighted by Gasteiger charge is 2.29. The highest BCUT2D eigenvalue weighted by molar-refractivity contribution is 7.91. The van der Waals surface area contributed by atoms with Gasteiger partial charge < -0.3 is 10.6 Å². The van der Waals surface area contributed by atoms with Crippen molar-refractivity contribution in [3.05, 3.63) is 30.1 Å². The molecule has 0 aliphatic carbocycles. The molecule has 1 aliphatic rings. The van der Waals surface area contributed by atoms with E-state index in [2.05, 4.69) is 10.6 Å². The molecule has 0 spiro atoms. The van der Waals surface area contributed by atoms with Crippen LogP contribution in [0.25, 0.3) is 0 Å². The number of rotatable bonds is 6. The predicted octanol–water partition coefficient (Wildman–Crippen LogP) is -0.000700. The summed E-state index contributed by atoms with van der Waals surface area (Å²) in [6, 6.07) is 5.01. The first-order chi connectivity index (χ1) is 11.2. The standard InChI is InChI=1S/C15H20FN3O4S/c1-19(8-14(20)17-12-4-2-11(16)3-5-12)9-15(21)18-13-6-7-24(22,23)10-13/h2-5,13H,6-10H2,1H3,(H,17,20)(H,18,21)/t13-/m1/s1. The minimum Gasteiger partial charge on any atom is -0.351 e. The number of nitrogens with one attached hydrogen (secondary N) is 2. The Morgan fingerprint density at radius 1 is 1.21 bits per heavy atom. The van der Waals surface area contributed by atoms with Gasteiger partial charge in [-0.3, -0.25) is 14.5 Å². The quantitative estimate of drug-likeness (QED) is 0.747. The van der Waals surface area contributed by atoms with Crippen LogP contribution in [-0.2, 0) is 19.4 Å². The summed E-state index contributed by atoms with van der Waals surface area (Å²) in [5.74, 6) is -0.994. The van der Waals surface area contributed by atoms with Crippen LogP contribution in [0.1, 0.15) is 6.42 Å². The highest BCUT2D eigenvalue weighted by atomic mass is 32.2. The van der Waals surface area contributed by atoms with Gasteiger partial charge in [-0.05, 0) is 37.7 Å². The molecule has 1 aliphatic heterocycles. The van der Waals surface area contributed by atoms with E-state index in [1.54, 1.807) is 7.05 Å². The summed E-state index contributed by atoms with van der Waals surface area (Å²) in [7, 11) is -1.44. The smallest absolute Gasteiger partial charge is 0.238 e. The molecule has 0 radical (unpaired) electrons. The Hall–Kier alpha value is -2.00. The Morgan fingerprint density at radius 2 is 1.83 bits per heavy atom. The van der Waals surface area contributed by atoms with Crippen LogP contribution in [0.2, 0.25) is 0 Å². The molecule has 1 aromatic carbocycles. The third-order valence-corrected chi connectivity index (χ3v) is 5.32. The fourth-order valence-corrected chi connectivity index (χ4v) is 4.14. The van der Waals surface area contributed by atoms with Crippen LogP contribution in [0.15, 0.2) is 24.3 Å². The number of hydrogen-bond acceptors (Lipinski definition) is 5. The normalized spacial score (nSPS) is 19.2. The van der Waals surface area contributed by atoms with Crippen molar-refractivity contribution >= 4 is 27.3 Å². The molecule has 1 fully saturated rings. The van der Waals surface area contributed by atoms with E-state index in [0.29, 0.717) is 12.1 Å². The lowest BCUT2D eigenvalue weighted by Gasteiger charge is -2.17. The number of likely N-dealkylation sites (N-methyl/N-ethyl adjacent to an activating group) is 1. The third-order valence-electron chi connectivity index (χ3n) is 3.55. The zero-order chi connectivity index (χ0) is 17.7. The number of nitrogens with zero attached hydrogens (tertiary/aromatic N) is 1. The summed E-state index contributed by atoms with van der Waals surface area (Å²) in [4.78, 5) is 25.2. The molecule has 2 rings (SSSR count). The molecule has 2 N–H and O–H groups in total. The lowest BCUT2D eigenvalue weighted by Crippen LogP contribution is -2.43. The Morgan fingerprint density at radius 3 is 2.42 bits per heavy atom. The largest absolute Gasteiger partial charge is 0.351 e. The van der Waals surface area contributed by atoms with Gasteiger partial charge in [-0.1, -0.05) is 0 Å². The molecule has 0 aromatic heterocycles. The summed E-state index contributed by atoms with van der Waals surface area (Å²) < 4.78 is 35.5. The molecule has 0 saturated carbocycles. The van der Waals surface area contributed by atoms with Crippen molar-refractivity contribution in [3.8, 4) is 0 Å². The van der Waals surface area contributed by atoms with Gasteiger partial charge in [-0.15, -0.1) is 0 Å². The van der Waals surface area contributed by atoms with Crippen molar-refractivity contribution in [1.29, 1.82) is 0 Å². The van der Waals surface area contributed by atoms with Crippen molar-refractivity contribution < 1.29 is 22.4 Å². The first-order valence-corrected chi connectivity index (χ1v) is 9.29. The molecule has 2 amide bonds. The zero-order valence-corrected chi connectivity index (χ0v) is 14.1. The van der Waals surface area contributed by atoms with Crippen LogP contribution < -0.4 is 10.6 Å². The number of halogens is 1. The summed E-state index contributed by atoms with van der Waals surface area (Å²) in [5.41, 5.74) is 0.468. The molecule has 9 heteroatoms. The number of hydrogen-bond donors (Lipinski definition) is 2. The summed E-state index contributed by atoms with van der Waals surface area (Å²) in [6.07, 6.45) is 0.419. The minimum absolute atomic E-state index is 0.0201. The monoisotopic (exact) mass is 357 g/mol. The maximum atomic E-state index is 12.8.